The van der Waals surface area contributed by atoms with Crippen LogP contribution in [0.1, 0.15) is 29.8 Å². The van der Waals surface area contributed by atoms with Crippen LogP contribution in [0.25, 0.3) is 11.1 Å². The van der Waals surface area contributed by atoms with Crippen LogP contribution in [0.15, 0.2) is 86.0 Å². The highest BCUT2D eigenvalue weighted by molar-refractivity contribution is 5.90. The number of benzene rings is 3. The maximum absolute atomic E-state index is 14.8. The summed E-state index contributed by atoms with van der Waals surface area (Å²) in [5, 5.41) is 0. The van der Waals surface area contributed by atoms with Gasteiger partial charge in [0.2, 0.25) is 0 Å². The van der Waals surface area contributed by atoms with E-state index in [9.17, 15) is 23.6 Å². The summed E-state index contributed by atoms with van der Waals surface area (Å²) in [5.74, 6) is -3.40. The highest BCUT2D eigenvalue weighted by Gasteiger charge is 2.16. The van der Waals surface area contributed by atoms with E-state index in [0.717, 1.165) is 12.2 Å². The molecule has 0 saturated heterocycles. The summed E-state index contributed by atoms with van der Waals surface area (Å²) in [6.45, 7) is 10.0. The van der Waals surface area contributed by atoms with Crippen molar-refractivity contribution in [3.05, 3.63) is 103 Å². The van der Waals surface area contributed by atoms with Crippen LogP contribution in [0, 0.1) is 11.7 Å². The molecular formula is C31H27FO8. The van der Waals surface area contributed by atoms with Gasteiger partial charge >= 0.3 is 23.9 Å². The number of hydrogen-bond acceptors (Lipinski definition) is 8. The Morgan fingerprint density at radius 2 is 1.43 bits per heavy atom. The van der Waals surface area contributed by atoms with Gasteiger partial charge in [-0.3, -0.25) is 4.79 Å². The van der Waals surface area contributed by atoms with E-state index >= 15 is 0 Å². The smallest absolute Gasteiger partial charge is 0.341 e. The number of carbonyl (C=O) groups excluding carboxylic acids is 4. The van der Waals surface area contributed by atoms with Crippen LogP contribution in [0.4, 0.5) is 4.39 Å². The molecule has 0 aliphatic carbocycles. The van der Waals surface area contributed by atoms with Crippen molar-refractivity contribution >= 4 is 23.9 Å². The summed E-state index contributed by atoms with van der Waals surface area (Å²) in [6, 6.07) is 15.2. The van der Waals surface area contributed by atoms with Gasteiger partial charge in [0.05, 0.1) is 18.1 Å². The average Bonchev–Trinajstić information content (AvgIpc) is 2.94. The monoisotopic (exact) mass is 546 g/mol. The topological polar surface area (TPSA) is 105 Å². The van der Waals surface area contributed by atoms with Gasteiger partial charge in [0.25, 0.3) is 0 Å². The highest BCUT2D eigenvalue weighted by atomic mass is 19.1. The molecule has 0 aromatic heterocycles. The summed E-state index contributed by atoms with van der Waals surface area (Å²) in [4.78, 5) is 47.5. The fourth-order valence-corrected chi connectivity index (χ4v) is 3.32. The largest absolute Gasteiger partial charge is 0.462 e. The van der Waals surface area contributed by atoms with Gasteiger partial charge in [0.1, 0.15) is 11.6 Å². The molecule has 8 nitrogen and oxygen atoms in total. The minimum atomic E-state index is -0.852. The molecule has 3 aromatic carbocycles. The minimum Gasteiger partial charge on any atom is -0.462 e. The third kappa shape index (κ3) is 7.97. The lowest BCUT2D eigenvalue weighted by Gasteiger charge is -2.11. The summed E-state index contributed by atoms with van der Waals surface area (Å²) in [5.41, 5.74) is 1.54. The van der Waals surface area contributed by atoms with E-state index in [0.29, 0.717) is 22.4 Å². The molecule has 0 amide bonds. The number of ether oxygens (including phenoxy) is 4. The van der Waals surface area contributed by atoms with Crippen molar-refractivity contribution in [1.82, 2.24) is 0 Å². The van der Waals surface area contributed by atoms with Gasteiger partial charge in [-0.15, -0.1) is 0 Å². The molecule has 0 unspecified atom stereocenters. The van der Waals surface area contributed by atoms with Crippen molar-refractivity contribution in [3.63, 3.8) is 0 Å². The standard InChI is InChI=1S/C31H27FO8/c1-5-28(33)39-26-14-7-20(17-27(26)40-29(34)6-2)15-16-37-31(36)24-13-10-22(18-25(24)32)21-8-11-23(12-9-21)38-30(35)19(3)4/h5-14,17-19H,1-2,15-16H2,3-4H3. The maximum atomic E-state index is 14.8. The Morgan fingerprint density at radius 3 is 2.02 bits per heavy atom. The van der Waals surface area contributed by atoms with Crippen LogP contribution in [0.2, 0.25) is 0 Å². The Labute approximate surface area is 230 Å². The molecule has 0 bridgehead atoms. The van der Waals surface area contributed by atoms with Crippen LogP contribution in [-0.4, -0.2) is 30.5 Å². The molecule has 0 fully saturated rings. The van der Waals surface area contributed by atoms with Crippen LogP contribution in [-0.2, 0) is 25.5 Å². The highest BCUT2D eigenvalue weighted by Crippen LogP contribution is 2.30. The molecule has 0 N–H and O–H groups in total. The van der Waals surface area contributed by atoms with Gasteiger partial charge in [0, 0.05) is 18.6 Å². The van der Waals surface area contributed by atoms with Crippen molar-refractivity contribution < 1.29 is 42.5 Å². The first-order valence-electron chi connectivity index (χ1n) is 12.2. The molecule has 3 aromatic rings. The second-order valence-corrected chi connectivity index (χ2v) is 8.71. The number of hydrogen-bond donors (Lipinski definition) is 0. The summed E-state index contributed by atoms with van der Waals surface area (Å²) in [7, 11) is 0. The molecule has 0 radical (unpaired) electrons. The van der Waals surface area contributed by atoms with Crippen LogP contribution < -0.4 is 14.2 Å². The third-order valence-electron chi connectivity index (χ3n) is 5.45. The molecule has 9 heteroatoms. The van der Waals surface area contributed by atoms with Crippen molar-refractivity contribution in [3.8, 4) is 28.4 Å². The SMILES string of the molecule is C=CC(=O)Oc1ccc(CCOC(=O)c2ccc(-c3ccc(OC(=O)C(C)C)cc3)cc2F)cc1OC(=O)C=C. The Bertz CT molecular complexity index is 1440. The van der Waals surface area contributed by atoms with E-state index in [1.54, 1.807) is 50.2 Å². The lowest BCUT2D eigenvalue weighted by molar-refractivity contribution is -0.137. The first-order valence-corrected chi connectivity index (χ1v) is 12.2. The molecule has 0 heterocycles. The molecular weight excluding hydrogens is 519 g/mol. The minimum absolute atomic E-state index is 0.00535. The molecule has 0 aliphatic rings. The maximum Gasteiger partial charge on any atom is 0.341 e. The lowest BCUT2D eigenvalue weighted by Crippen LogP contribution is -2.14. The van der Waals surface area contributed by atoms with Gasteiger partial charge in [-0.1, -0.05) is 51.3 Å². The van der Waals surface area contributed by atoms with Crippen molar-refractivity contribution in [2.24, 2.45) is 5.92 Å². The van der Waals surface area contributed by atoms with Gasteiger partial charge in [-0.05, 0) is 53.1 Å². The first-order chi connectivity index (χ1) is 19.1. The van der Waals surface area contributed by atoms with Gasteiger partial charge in [0.15, 0.2) is 11.5 Å². The van der Waals surface area contributed by atoms with E-state index in [1.807, 2.05) is 0 Å². The molecule has 206 valence electrons. The molecule has 0 aliphatic heterocycles. The fourth-order valence-electron chi connectivity index (χ4n) is 3.32. The lowest BCUT2D eigenvalue weighted by atomic mass is 10.0. The second-order valence-electron chi connectivity index (χ2n) is 8.71. The number of esters is 4. The van der Waals surface area contributed by atoms with Gasteiger partial charge in [-0.25, -0.2) is 18.8 Å². The van der Waals surface area contributed by atoms with E-state index in [-0.39, 0.29) is 42.0 Å². The third-order valence-corrected chi connectivity index (χ3v) is 5.45. The zero-order valence-electron chi connectivity index (χ0n) is 22.0. The van der Waals surface area contributed by atoms with Crippen molar-refractivity contribution in [2.75, 3.05) is 6.61 Å². The number of carbonyl (C=O) groups is 4. The van der Waals surface area contributed by atoms with Crippen LogP contribution in [0.5, 0.6) is 17.2 Å². The first kappa shape index (κ1) is 29.5. The zero-order valence-corrected chi connectivity index (χ0v) is 22.0. The van der Waals surface area contributed by atoms with Crippen molar-refractivity contribution in [1.29, 1.82) is 0 Å². The molecule has 0 spiro atoms. The number of rotatable bonds is 11. The Balaban J connectivity index is 1.63. The summed E-state index contributed by atoms with van der Waals surface area (Å²) >= 11 is 0. The second kappa shape index (κ2) is 13.7. The Morgan fingerprint density at radius 1 is 0.800 bits per heavy atom. The molecule has 0 saturated carbocycles. The van der Waals surface area contributed by atoms with Crippen LogP contribution in [0.3, 0.4) is 0 Å². The quantitative estimate of drug-likeness (QED) is 0.173. The Hall–Kier alpha value is -5.05. The van der Waals surface area contributed by atoms with Gasteiger partial charge < -0.3 is 18.9 Å². The van der Waals surface area contributed by atoms with Crippen LogP contribution >= 0.6 is 0 Å². The van der Waals surface area contributed by atoms with E-state index in [1.165, 1.54) is 24.3 Å². The predicted octanol–water partition coefficient (Wildman–Crippen LogP) is 5.64. The molecule has 3 rings (SSSR count). The Kier molecular flexibility index (Phi) is 10.1. The van der Waals surface area contributed by atoms with E-state index in [2.05, 4.69) is 13.2 Å². The predicted molar refractivity (Wildman–Crippen MR) is 144 cm³/mol. The molecule has 0 atom stereocenters. The fraction of sp³-hybridized carbons (Fsp3) is 0.161. The normalized spacial score (nSPS) is 10.4. The summed E-state index contributed by atoms with van der Waals surface area (Å²) < 4.78 is 35.5. The van der Waals surface area contributed by atoms with E-state index < -0.39 is 23.7 Å². The van der Waals surface area contributed by atoms with Gasteiger partial charge in [-0.2, -0.15) is 0 Å². The number of halogens is 1. The summed E-state index contributed by atoms with van der Waals surface area (Å²) in [6.07, 6.45) is 2.11. The average molecular weight is 547 g/mol. The van der Waals surface area contributed by atoms with Crippen molar-refractivity contribution in [2.45, 2.75) is 20.3 Å². The van der Waals surface area contributed by atoms with E-state index in [4.69, 9.17) is 18.9 Å². The zero-order chi connectivity index (χ0) is 29.2. The molecule has 40 heavy (non-hydrogen) atoms.